The van der Waals surface area contributed by atoms with Gasteiger partial charge in [0.05, 0.1) is 17.3 Å². The van der Waals surface area contributed by atoms with Crippen LogP contribution < -0.4 is 10.9 Å². The van der Waals surface area contributed by atoms with Crippen molar-refractivity contribution in [1.29, 1.82) is 5.26 Å². The van der Waals surface area contributed by atoms with E-state index in [9.17, 15) is 9.59 Å². The van der Waals surface area contributed by atoms with Crippen LogP contribution in [0, 0.1) is 17.2 Å². The summed E-state index contributed by atoms with van der Waals surface area (Å²) in [4.78, 5) is 23.7. The maximum Gasteiger partial charge on any atom is 0.287 e. The number of amides is 1. The number of carbonyl (C=O) groups excluding carboxylic acids is 1. The third-order valence-corrected chi connectivity index (χ3v) is 4.01. The van der Waals surface area contributed by atoms with Crippen LogP contribution in [0.2, 0.25) is 10.0 Å². The number of aromatic nitrogens is 2. The summed E-state index contributed by atoms with van der Waals surface area (Å²) in [5.41, 5.74) is -1.55. The minimum atomic E-state index is -0.906. The van der Waals surface area contributed by atoms with Crippen molar-refractivity contribution in [3.05, 3.63) is 26.6 Å². The molecule has 2 rings (SSSR count). The zero-order valence-electron chi connectivity index (χ0n) is 10.7. The summed E-state index contributed by atoms with van der Waals surface area (Å²) in [5, 5.41) is 15.4. The molecule has 20 heavy (non-hydrogen) atoms. The van der Waals surface area contributed by atoms with Crippen LogP contribution in [-0.4, -0.2) is 21.2 Å². The summed E-state index contributed by atoms with van der Waals surface area (Å²) in [6.07, 6.45) is 3.02. The Kier molecular flexibility index (Phi) is 4.02. The Hall–Kier alpha value is -1.58. The first-order valence-corrected chi connectivity index (χ1v) is 6.76. The lowest BCUT2D eigenvalue weighted by Gasteiger charge is -2.22. The van der Waals surface area contributed by atoms with E-state index in [4.69, 9.17) is 28.5 Å². The van der Waals surface area contributed by atoms with Gasteiger partial charge in [-0.05, 0) is 25.7 Å². The molecule has 0 aliphatic heterocycles. The Labute approximate surface area is 125 Å². The van der Waals surface area contributed by atoms with Crippen molar-refractivity contribution in [1.82, 2.24) is 15.1 Å². The van der Waals surface area contributed by atoms with Gasteiger partial charge in [-0.1, -0.05) is 23.2 Å². The maximum atomic E-state index is 11.9. The second-order valence-corrected chi connectivity index (χ2v) is 5.69. The van der Waals surface area contributed by atoms with Crippen LogP contribution in [0.5, 0.6) is 0 Å². The quantitative estimate of drug-likeness (QED) is 0.908. The van der Waals surface area contributed by atoms with Gasteiger partial charge in [-0.15, -0.1) is 0 Å². The van der Waals surface area contributed by atoms with Crippen LogP contribution in [0.4, 0.5) is 0 Å². The van der Waals surface area contributed by atoms with Crippen LogP contribution >= 0.6 is 23.2 Å². The van der Waals surface area contributed by atoms with Gasteiger partial charge in [0.25, 0.3) is 5.56 Å². The molecule has 0 aromatic carbocycles. The predicted octanol–water partition coefficient (Wildman–Crippen LogP) is 1.36. The average molecular weight is 315 g/mol. The Morgan fingerprint density at radius 3 is 2.85 bits per heavy atom. The molecule has 1 atom stereocenters. The van der Waals surface area contributed by atoms with Crippen molar-refractivity contribution in [3.63, 3.8) is 0 Å². The van der Waals surface area contributed by atoms with Crippen LogP contribution in [0.15, 0.2) is 11.0 Å². The summed E-state index contributed by atoms with van der Waals surface area (Å²) < 4.78 is 0.911. The average Bonchev–Trinajstić information content (AvgIpc) is 3.24. The SMILES string of the molecule is C[C@@](C#N)(NC(=O)Cn1ncc(Cl)c(Cl)c1=O)C1CC1. The molecule has 8 heteroatoms. The number of halogens is 2. The van der Waals surface area contributed by atoms with Gasteiger partial charge in [-0.2, -0.15) is 10.4 Å². The highest BCUT2D eigenvalue weighted by Crippen LogP contribution is 2.39. The van der Waals surface area contributed by atoms with E-state index in [0.717, 1.165) is 17.5 Å². The fraction of sp³-hybridized carbons (Fsp3) is 0.500. The van der Waals surface area contributed by atoms with E-state index in [0.29, 0.717) is 0 Å². The second kappa shape index (κ2) is 5.43. The molecule has 1 heterocycles. The smallest absolute Gasteiger partial charge is 0.287 e. The zero-order valence-corrected chi connectivity index (χ0v) is 12.2. The van der Waals surface area contributed by atoms with Crippen molar-refractivity contribution in [2.75, 3.05) is 0 Å². The molecule has 1 saturated carbocycles. The Balaban J connectivity index is 2.11. The fourth-order valence-electron chi connectivity index (χ4n) is 1.90. The predicted molar refractivity (Wildman–Crippen MR) is 73.4 cm³/mol. The first-order chi connectivity index (χ1) is 9.37. The Morgan fingerprint density at radius 1 is 1.65 bits per heavy atom. The van der Waals surface area contributed by atoms with E-state index in [1.54, 1.807) is 6.92 Å². The number of rotatable bonds is 4. The topological polar surface area (TPSA) is 87.8 Å². The number of hydrogen-bond acceptors (Lipinski definition) is 4. The van der Waals surface area contributed by atoms with E-state index in [1.165, 1.54) is 6.20 Å². The molecule has 1 aliphatic rings. The lowest BCUT2D eigenvalue weighted by atomic mass is 9.98. The monoisotopic (exact) mass is 314 g/mol. The molecule has 6 nitrogen and oxygen atoms in total. The van der Waals surface area contributed by atoms with Crippen LogP contribution in [0.25, 0.3) is 0 Å². The minimum absolute atomic E-state index is 0.0353. The van der Waals surface area contributed by atoms with Gasteiger partial charge in [0.1, 0.15) is 17.1 Å². The fourth-order valence-corrected chi connectivity index (χ4v) is 2.18. The molecule has 1 N–H and O–H groups in total. The molecule has 0 saturated heterocycles. The highest BCUT2D eigenvalue weighted by molar-refractivity contribution is 6.41. The zero-order chi connectivity index (χ0) is 14.9. The third-order valence-electron chi connectivity index (χ3n) is 3.26. The number of carbonyl (C=O) groups is 1. The van der Waals surface area contributed by atoms with Crippen molar-refractivity contribution in [2.24, 2.45) is 5.92 Å². The first kappa shape index (κ1) is 14.8. The number of nitriles is 1. The van der Waals surface area contributed by atoms with E-state index in [2.05, 4.69) is 16.5 Å². The lowest BCUT2D eigenvalue weighted by Crippen LogP contribution is -2.48. The molecule has 1 aromatic heterocycles. The summed E-state index contributed by atoms with van der Waals surface area (Å²) >= 11 is 11.3. The summed E-state index contributed by atoms with van der Waals surface area (Å²) in [5.74, 6) is -0.302. The van der Waals surface area contributed by atoms with Gasteiger partial charge in [0, 0.05) is 0 Å². The van der Waals surface area contributed by atoms with Gasteiger partial charge < -0.3 is 5.32 Å². The highest BCUT2D eigenvalue weighted by atomic mass is 35.5. The van der Waals surface area contributed by atoms with Gasteiger partial charge in [0.15, 0.2) is 0 Å². The van der Waals surface area contributed by atoms with Gasteiger partial charge >= 0.3 is 0 Å². The van der Waals surface area contributed by atoms with Crippen molar-refractivity contribution in [3.8, 4) is 6.07 Å². The third kappa shape index (κ3) is 2.94. The van der Waals surface area contributed by atoms with Crippen LogP contribution in [0.1, 0.15) is 19.8 Å². The molecule has 1 aromatic rings. The number of hydrogen-bond donors (Lipinski definition) is 1. The normalized spacial score (nSPS) is 17.1. The molecule has 0 unspecified atom stereocenters. The lowest BCUT2D eigenvalue weighted by molar-refractivity contribution is -0.123. The molecule has 1 aliphatic carbocycles. The molecule has 0 radical (unpaired) electrons. The molecule has 1 amide bonds. The largest absolute Gasteiger partial charge is 0.336 e. The molecular weight excluding hydrogens is 303 g/mol. The number of nitrogens with zero attached hydrogens (tertiary/aromatic N) is 3. The van der Waals surface area contributed by atoms with Crippen molar-refractivity contribution in [2.45, 2.75) is 31.8 Å². The standard InChI is InChI=1S/C12H12Cl2N4O2/c1-12(6-15,7-2-3-7)17-9(19)5-18-11(20)10(14)8(13)4-16-18/h4,7H,2-3,5H2,1H3,(H,17,19)/t12-/m0/s1. The van der Waals surface area contributed by atoms with Crippen molar-refractivity contribution >= 4 is 29.1 Å². The number of nitrogens with one attached hydrogen (secondary N) is 1. The molecule has 1 fully saturated rings. The van der Waals surface area contributed by atoms with Crippen molar-refractivity contribution < 1.29 is 4.79 Å². The molecular formula is C12H12Cl2N4O2. The van der Waals surface area contributed by atoms with E-state index in [1.807, 2.05) is 0 Å². The van der Waals surface area contributed by atoms with Gasteiger partial charge in [-0.25, -0.2) is 4.68 Å². The summed E-state index contributed by atoms with van der Waals surface area (Å²) in [6, 6.07) is 2.11. The maximum absolute atomic E-state index is 11.9. The van der Waals surface area contributed by atoms with E-state index < -0.39 is 17.0 Å². The molecule has 0 spiro atoms. The first-order valence-electron chi connectivity index (χ1n) is 6.01. The Bertz CT molecular complexity index is 648. The van der Waals surface area contributed by atoms with Crippen LogP contribution in [-0.2, 0) is 11.3 Å². The minimum Gasteiger partial charge on any atom is -0.336 e. The molecule has 0 bridgehead atoms. The highest BCUT2D eigenvalue weighted by Gasteiger charge is 2.43. The van der Waals surface area contributed by atoms with Crippen LogP contribution in [0.3, 0.4) is 0 Å². The Morgan fingerprint density at radius 2 is 2.30 bits per heavy atom. The molecule has 106 valence electrons. The van der Waals surface area contributed by atoms with Gasteiger partial charge in [0.2, 0.25) is 5.91 Å². The van der Waals surface area contributed by atoms with E-state index >= 15 is 0 Å². The van der Waals surface area contributed by atoms with Gasteiger partial charge in [-0.3, -0.25) is 9.59 Å². The second-order valence-electron chi connectivity index (χ2n) is 4.91. The summed E-state index contributed by atoms with van der Waals surface area (Å²) in [7, 11) is 0. The van der Waals surface area contributed by atoms with E-state index in [-0.39, 0.29) is 22.5 Å². The summed E-state index contributed by atoms with van der Waals surface area (Å²) in [6.45, 7) is 1.37.